The van der Waals surface area contributed by atoms with Gasteiger partial charge in [0.15, 0.2) is 0 Å². The molecule has 1 aliphatic heterocycles. The second-order valence-corrected chi connectivity index (χ2v) is 13.1. The first kappa shape index (κ1) is 48.1. The van der Waals surface area contributed by atoms with Gasteiger partial charge in [-0.15, -0.1) is 23.7 Å². The van der Waals surface area contributed by atoms with Crippen molar-refractivity contribution in [2.24, 2.45) is 0 Å². The third kappa shape index (κ3) is 18.0. The molecule has 0 saturated carbocycles. The topological polar surface area (TPSA) is 25.3 Å². The van der Waals surface area contributed by atoms with E-state index in [0.29, 0.717) is 0 Å². The normalized spacial score (nSPS) is 11.5. The van der Waals surface area contributed by atoms with Gasteiger partial charge in [-0.1, -0.05) is 105 Å². The summed E-state index contributed by atoms with van der Waals surface area (Å²) in [5, 5.41) is 0. The van der Waals surface area contributed by atoms with E-state index < -0.39 is 0 Å². The molecule has 0 bridgehead atoms. The zero-order valence-corrected chi connectivity index (χ0v) is 34.6. The Bertz CT molecular complexity index is 1450. The Morgan fingerprint density at radius 3 is 1.43 bits per heavy atom. The number of allylic oxidation sites excluding steroid dienone is 2. The van der Waals surface area contributed by atoms with Gasteiger partial charge in [0, 0.05) is 48.5 Å². The van der Waals surface area contributed by atoms with Crippen LogP contribution in [0.25, 0.3) is 16.9 Å². The van der Waals surface area contributed by atoms with Crippen molar-refractivity contribution >= 4 is 11.4 Å². The fourth-order valence-corrected chi connectivity index (χ4v) is 5.62. The summed E-state index contributed by atoms with van der Waals surface area (Å²) in [6.45, 7) is 22.4. The maximum atomic E-state index is 12.1. The summed E-state index contributed by atoms with van der Waals surface area (Å²) in [6.07, 6.45) is 22.0. The van der Waals surface area contributed by atoms with Crippen LogP contribution in [0.4, 0.5) is 0 Å². The minimum Gasteiger partial charge on any atom is -0.493 e. The molecule has 0 amide bonds. The van der Waals surface area contributed by atoms with Crippen molar-refractivity contribution in [3.63, 3.8) is 0 Å². The van der Waals surface area contributed by atoms with Gasteiger partial charge >= 0.3 is 16.5 Å². The molecule has 0 fully saturated rings. The van der Waals surface area contributed by atoms with Gasteiger partial charge in [0.25, 0.3) is 0 Å². The molecule has 0 N–H and O–H groups in total. The molecule has 3 rings (SSSR count). The zero-order valence-electron chi connectivity index (χ0n) is 33.6. The summed E-state index contributed by atoms with van der Waals surface area (Å²) in [7, 11) is 0. The summed E-state index contributed by atoms with van der Waals surface area (Å²) in [5.41, 5.74) is 22.7. The van der Waals surface area contributed by atoms with E-state index in [9.17, 15) is 5.53 Å². The van der Waals surface area contributed by atoms with Crippen LogP contribution in [0.5, 0.6) is 0 Å². The number of rotatable bonds is 17. The van der Waals surface area contributed by atoms with Crippen LogP contribution in [0.3, 0.4) is 0 Å². The fourth-order valence-electron chi connectivity index (χ4n) is 5.62. The quantitative estimate of drug-likeness (QED) is 0.0670. The van der Waals surface area contributed by atoms with Gasteiger partial charge in [0.05, 0.1) is 0 Å². The monoisotopic (exact) mass is 732 g/mol. The third-order valence-corrected chi connectivity index (χ3v) is 8.72. The van der Waals surface area contributed by atoms with Crippen molar-refractivity contribution in [1.29, 1.82) is 0 Å². The fraction of sp³-hybridized carbons (Fsp3) is 0.542. The predicted molar refractivity (Wildman–Crippen MR) is 221 cm³/mol. The van der Waals surface area contributed by atoms with E-state index in [4.69, 9.17) is 0 Å². The molecular formula is C48H70N2Ni. The van der Waals surface area contributed by atoms with Crippen molar-refractivity contribution in [1.82, 2.24) is 0 Å². The Hall–Kier alpha value is -2.87. The third-order valence-electron chi connectivity index (χ3n) is 8.72. The number of unbranched alkanes of at least 4 members (excludes halogenated alkanes) is 5. The maximum Gasteiger partial charge on any atom is 2.00 e. The van der Waals surface area contributed by atoms with E-state index in [2.05, 4.69) is 128 Å². The Labute approximate surface area is 326 Å². The molecule has 0 radical (unpaired) electrons. The number of nitrogens with zero attached hydrogens (tertiary/aromatic N) is 2. The summed E-state index contributed by atoms with van der Waals surface area (Å²) in [5.74, 6) is 13.1. The van der Waals surface area contributed by atoms with Crippen LogP contribution < -0.4 is 0 Å². The first-order valence-electron chi connectivity index (χ1n) is 20.1. The summed E-state index contributed by atoms with van der Waals surface area (Å²) < 4.78 is 1.52. The molecule has 0 aliphatic carbocycles. The average Bonchev–Trinajstić information content (AvgIpc) is 3.48. The van der Waals surface area contributed by atoms with Gasteiger partial charge in [0.2, 0.25) is 11.4 Å². The first-order chi connectivity index (χ1) is 24.4. The molecule has 1 aliphatic rings. The minimum atomic E-state index is 0. The van der Waals surface area contributed by atoms with Crippen LogP contribution in [0.15, 0.2) is 48.0 Å². The molecule has 1 heterocycles. The van der Waals surface area contributed by atoms with E-state index in [1.54, 1.807) is 0 Å². The van der Waals surface area contributed by atoms with Crippen molar-refractivity contribution in [2.75, 3.05) is 0 Å². The van der Waals surface area contributed by atoms with E-state index >= 15 is 0 Å². The van der Waals surface area contributed by atoms with Gasteiger partial charge in [-0.3, -0.25) is 0 Å². The maximum absolute atomic E-state index is 12.1. The summed E-state index contributed by atoms with van der Waals surface area (Å²) >= 11 is 0. The van der Waals surface area contributed by atoms with Crippen LogP contribution in [0.1, 0.15) is 178 Å². The molecule has 0 saturated heterocycles. The molecule has 0 atom stereocenters. The molecule has 3 heteroatoms. The van der Waals surface area contributed by atoms with Gasteiger partial charge in [0.1, 0.15) is 0 Å². The standard InChI is InChI=1S/C40H52N2.2C4H9.Ni/c1-6-11-16-18-23-34-27-25-32(20-13-8-3)29-37(34)39-31-36(22-15-10-5)40(42(39)41)38-30-33(21-14-9-4)26-28-35(38)24-19-17-12-7-2;2*1-3-4-2;/h25-31H,6-10,13-15,18-24H2,1-5H3;2*1,3-4H2,2H3;/q;2*-1;+2. The average molecular weight is 734 g/mol. The van der Waals surface area contributed by atoms with E-state index in [1.165, 1.54) is 76.6 Å². The van der Waals surface area contributed by atoms with E-state index in [1.807, 2.05) is 0 Å². The zero-order chi connectivity index (χ0) is 37.0. The Kier molecular flexibility index (Phi) is 29.0. The molecular weight excluding hydrogens is 663 g/mol. The van der Waals surface area contributed by atoms with Gasteiger partial charge in [-0.05, 0) is 85.8 Å². The molecule has 51 heavy (non-hydrogen) atoms. The van der Waals surface area contributed by atoms with Crippen molar-refractivity contribution in [2.45, 2.75) is 170 Å². The van der Waals surface area contributed by atoms with E-state index in [-0.39, 0.29) is 16.5 Å². The van der Waals surface area contributed by atoms with Crippen LogP contribution in [-0.4, -0.2) is 4.70 Å². The molecule has 2 aromatic rings. The predicted octanol–water partition coefficient (Wildman–Crippen LogP) is 14.3. The largest absolute Gasteiger partial charge is 2.00 e. The van der Waals surface area contributed by atoms with Crippen molar-refractivity contribution in [3.05, 3.63) is 101 Å². The second kappa shape index (κ2) is 30.7. The summed E-state index contributed by atoms with van der Waals surface area (Å²) in [4.78, 5) is 0. The van der Waals surface area contributed by atoms with Crippen LogP contribution in [0, 0.1) is 37.5 Å². The number of aryl methyl sites for hydroxylation is 4. The molecule has 282 valence electrons. The molecule has 2 nitrogen and oxygen atoms in total. The Morgan fingerprint density at radius 1 is 0.569 bits per heavy atom. The molecule has 2 aromatic carbocycles. The van der Waals surface area contributed by atoms with Crippen molar-refractivity contribution < 1.29 is 21.2 Å². The SMILES string of the molecule is CCC#CCCc1ccc(CCCC)cc1C1=CC(CCCC)=C(c2cc(CCCC)ccc2CCC#CCC)[N+]1=[N-].[CH2-]CCC.[CH2-]CCC.[Ni+2]. The first-order valence-corrected chi connectivity index (χ1v) is 20.1. The van der Waals surface area contributed by atoms with Crippen LogP contribution >= 0.6 is 0 Å². The second-order valence-electron chi connectivity index (χ2n) is 13.1. The molecule has 0 aromatic heterocycles. The van der Waals surface area contributed by atoms with E-state index in [0.717, 1.165) is 100 Å². The Morgan fingerprint density at radius 2 is 1.00 bits per heavy atom. The minimum absolute atomic E-state index is 0. The van der Waals surface area contributed by atoms with Gasteiger partial charge in [-0.25, -0.2) is 4.70 Å². The number of hydrogen-bond acceptors (Lipinski definition) is 0. The van der Waals surface area contributed by atoms with Crippen LogP contribution in [0.2, 0.25) is 0 Å². The Balaban J connectivity index is 0.00000251. The van der Waals surface area contributed by atoms with Gasteiger partial charge in [-0.2, -0.15) is 12.8 Å². The number of hydrogen-bond donors (Lipinski definition) is 0. The van der Waals surface area contributed by atoms with Crippen LogP contribution in [-0.2, 0) is 42.2 Å². The smallest absolute Gasteiger partial charge is 0.493 e. The van der Waals surface area contributed by atoms with Gasteiger partial charge < -0.3 is 19.4 Å². The summed E-state index contributed by atoms with van der Waals surface area (Å²) in [6, 6.07) is 13.8. The molecule has 0 unspecified atom stereocenters. The van der Waals surface area contributed by atoms with Crippen molar-refractivity contribution in [3.8, 4) is 23.7 Å². The molecule has 0 spiro atoms. The number of benzene rings is 2.